The van der Waals surface area contributed by atoms with Crippen LogP contribution in [-0.2, 0) is 14.4 Å². The summed E-state index contributed by atoms with van der Waals surface area (Å²) in [7, 11) is 3.72. The molecular formula is C22H39N3O4. The molecule has 7 heteroatoms. The third-order valence-electron chi connectivity index (χ3n) is 5.72. The van der Waals surface area contributed by atoms with E-state index in [2.05, 4.69) is 10.2 Å². The molecule has 1 fully saturated rings. The molecule has 0 radical (unpaired) electrons. The van der Waals surface area contributed by atoms with Crippen LogP contribution in [0.2, 0.25) is 0 Å². The average Bonchev–Trinajstić information content (AvgIpc) is 2.61. The molecule has 29 heavy (non-hydrogen) atoms. The first kappa shape index (κ1) is 25.1. The Labute approximate surface area is 175 Å². The van der Waals surface area contributed by atoms with Crippen LogP contribution in [0.25, 0.3) is 0 Å². The first-order valence-electron chi connectivity index (χ1n) is 10.4. The highest BCUT2D eigenvalue weighted by Gasteiger charge is 2.38. The van der Waals surface area contributed by atoms with E-state index in [-0.39, 0.29) is 35.3 Å². The molecule has 0 aliphatic carbocycles. The highest BCUT2D eigenvalue weighted by molar-refractivity contribution is 5.90. The number of carboxylic acid groups (broad SMARTS) is 1. The Morgan fingerprint density at radius 1 is 1.17 bits per heavy atom. The van der Waals surface area contributed by atoms with Crippen molar-refractivity contribution in [3.63, 3.8) is 0 Å². The smallest absolute Gasteiger partial charge is 0.331 e. The van der Waals surface area contributed by atoms with Crippen molar-refractivity contribution in [3.8, 4) is 0 Å². The summed E-state index contributed by atoms with van der Waals surface area (Å²) in [5.41, 5.74) is -0.273. The minimum absolute atomic E-state index is 0.0310. The molecule has 2 amide bonds. The number of amides is 2. The minimum atomic E-state index is -1.00. The molecule has 0 bridgehead atoms. The number of piperidine rings is 1. The lowest BCUT2D eigenvalue weighted by molar-refractivity contribution is -0.141. The summed E-state index contributed by atoms with van der Waals surface area (Å²) in [5, 5.41) is 12.2. The van der Waals surface area contributed by atoms with Crippen LogP contribution >= 0.6 is 0 Å². The average molecular weight is 410 g/mol. The fourth-order valence-corrected chi connectivity index (χ4v) is 3.61. The van der Waals surface area contributed by atoms with E-state index in [1.54, 1.807) is 18.0 Å². The van der Waals surface area contributed by atoms with Crippen molar-refractivity contribution in [1.82, 2.24) is 15.1 Å². The third-order valence-corrected chi connectivity index (χ3v) is 5.72. The van der Waals surface area contributed by atoms with E-state index in [1.165, 1.54) is 6.92 Å². The highest BCUT2D eigenvalue weighted by atomic mass is 16.4. The summed E-state index contributed by atoms with van der Waals surface area (Å²) < 4.78 is 0. The number of likely N-dealkylation sites (N-methyl/N-ethyl adjacent to an activating group) is 1. The van der Waals surface area contributed by atoms with Gasteiger partial charge in [0, 0.05) is 18.5 Å². The number of hydrogen-bond acceptors (Lipinski definition) is 4. The zero-order chi connectivity index (χ0) is 22.5. The van der Waals surface area contributed by atoms with E-state index in [4.69, 9.17) is 0 Å². The molecule has 1 saturated heterocycles. The minimum Gasteiger partial charge on any atom is -0.478 e. The molecule has 1 aliphatic rings. The van der Waals surface area contributed by atoms with Gasteiger partial charge in [-0.2, -0.15) is 0 Å². The monoisotopic (exact) mass is 409 g/mol. The number of likely N-dealkylation sites (tertiary alicyclic amines) is 1. The number of nitrogens with zero attached hydrogens (tertiary/aromatic N) is 2. The molecule has 7 nitrogen and oxygen atoms in total. The molecule has 2 N–H and O–H groups in total. The van der Waals surface area contributed by atoms with Crippen molar-refractivity contribution < 1.29 is 19.5 Å². The van der Waals surface area contributed by atoms with Crippen molar-refractivity contribution in [1.29, 1.82) is 0 Å². The fourth-order valence-electron chi connectivity index (χ4n) is 3.61. The van der Waals surface area contributed by atoms with E-state index in [0.717, 1.165) is 25.9 Å². The van der Waals surface area contributed by atoms with E-state index in [1.807, 2.05) is 41.7 Å². The molecule has 2 atom stereocenters. The van der Waals surface area contributed by atoms with Gasteiger partial charge < -0.3 is 20.2 Å². The highest BCUT2D eigenvalue weighted by Crippen LogP contribution is 2.25. The summed E-state index contributed by atoms with van der Waals surface area (Å²) >= 11 is 0. The first-order chi connectivity index (χ1) is 13.3. The Kier molecular flexibility index (Phi) is 8.87. The summed E-state index contributed by atoms with van der Waals surface area (Å²) in [6.45, 7) is 13.0. The molecule has 1 aliphatic heterocycles. The lowest BCUT2D eigenvalue weighted by Gasteiger charge is -2.38. The number of aliphatic carboxylic acids is 1. The van der Waals surface area contributed by atoms with Crippen LogP contribution in [0, 0.1) is 17.3 Å². The maximum absolute atomic E-state index is 13.4. The number of carbonyl (C=O) groups is 3. The van der Waals surface area contributed by atoms with Crippen LogP contribution < -0.4 is 5.32 Å². The van der Waals surface area contributed by atoms with Gasteiger partial charge in [0.2, 0.25) is 11.8 Å². The van der Waals surface area contributed by atoms with Crippen molar-refractivity contribution in [2.75, 3.05) is 27.2 Å². The fraction of sp³-hybridized carbons (Fsp3) is 0.773. The van der Waals surface area contributed by atoms with E-state index in [9.17, 15) is 19.5 Å². The van der Waals surface area contributed by atoms with Crippen molar-refractivity contribution >= 4 is 17.8 Å². The second kappa shape index (κ2) is 10.2. The summed E-state index contributed by atoms with van der Waals surface area (Å²) in [6, 6.07) is -1.05. The SMILES string of the molecule is C/C(=C\[C@H](C(C)C)N(C)C(=O)[C@@H](NC(=O)C1CCN(C)CC1)C(C)(C)C)C(=O)O. The predicted molar refractivity (Wildman–Crippen MR) is 114 cm³/mol. The number of carbonyl (C=O) groups excluding carboxylic acids is 2. The number of hydrogen-bond donors (Lipinski definition) is 2. The number of carboxylic acids is 1. The van der Waals surface area contributed by atoms with Gasteiger partial charge in [0.05, 0.1) is 6.04 Å². The van der Waals surface area contributed by atoms with Crippen LogP contribution in [0.5, 0.6) is 0 Å². The van der Waals surface area contributed by atoms with Crippen LogP contribution in [-0.4, -0.2) is 72.0 Å². The Bertz CT molecular complexity index is 628. The number of rotatable bonds is 7. The van der Waals surface area contributed by atoms with Gasteiger partial charge in [-0.15, -0.1) is 0 Å². The largest absolute Gasteiger partial charge is 0.478 e. The first-order valence-corrected chi connectivity index (χ1v) is 10.4. The van der Waals surface area contributed by atoms with E-state index in [0.29, 0.717) is 0 Å². The van der Waals surface area contributed by atoms with Gasteiger partial charge in [0.15, 0.2) is 0 Å². The van der Waals surface area contributed by atoms with Gasteiger partial charge in [0.25, 0.3) is 0 Å². The molecule has 0 saturated carbocycles. The van der Waals surface area contributed by atoms with Gasteiger partial charge >= 0.3 is 5.97 Å². The summed E-state index contributed by atoms with van der Waals surface area (Å²) in [4.78, 5) is 41.3. The van der Waals surface area contributed by atoms with Gasteiger partial charge in [-0.3, -0.25) is 9.59 Å². The molecule has 0 aromatic carbocycles. The predicted octanol–water partition coefficient (Wildman–Crippen LogP) is 2.37. The summed E-state index contributed by atoms with van der Waals surface area (Å²) in [5.74, 6) is -1.32. The second-order valence-electron chi connectivity index (χ2n) is 9.72. The molecule has 1 rings (SSSR count). The van der Waals surface area contributed by atoms with Gasteiger partial charge in [-0.1, -0.05) is 40.7 Å². The Morgan fingerprint density at radius 2 is 1.69 bits per heavy atom. The molecule has 1 heterocycles. The topological polar surface area (TPSA) is 90.0 Å². The lowest BCUT2D eigenvalue weighted by Crippen LogP contribution is -2.57. The standard InChI is InChI=1S/C22H39N3O4/c1-14(2)17(13-15(3)21(28)29)25(8)20(27)18(22(4,5)6)23-19(26)16-9-11-24(7)12-10-16/h13-14,16-18H,9-12H2,1-8H3,(H,23,26)(H,28,29)/b15-13+/t17-,18-/m1/s1. The zero-order valence-electron chi connectivity index (χ0n) is 19.3. The third kappa shape index (κ3) is 7.14. The molecule has 0 spiro atoms. The van der Waals surface area contributed by atoms with Gasteiger partial charge in [-0.25, -0.2) is 4.79 Å². The quantitative estimate of drug-likeness (QED) is 0.630. The van der Waals surface area contributed by atoms with Gasteiger partial charge in [0.1, 0.15) is 6.04 Å². The lowest BCUT2D eigenvalue weighted by atomic mass is 9.84. The van der Waals surface area contributed by atoms with Crippen LogP contribution in [0.3, 0.4) is 0 Å². The maximum Gasteiger partial charge on any atom is 0.331 e. The van der Waals surface area contributed by atoms with Crippen LogP contribution in [0.15, 0.2) is 11.6 Å². The van der Waals surface area contributed by atoms with Gasteiger partial charge in [-0.05, 0) is 51.2 Å². The normalized spacial score (nSPS) is 19.0. The number of nitrogens with one attached hydrogen (secondary N) is 1. The molecular weight excluding hydrogens is 370 g/mol. The van der Waals surface area contributed by atoms with E-state index < -0.39 is 17.4 Å². The van der Waals surface area contributed by atoms with Crippen LogP contribution in [0.1, 0.15) is 54.4 Å². The Balaban J connectivity index is 3.04. The Morgan fingerprint density at radius 3 is 2.10 bits per heavy atom. The zero-order valence-corrected chi connectivity index (χ0v) is 19.3. The second-order valence-corrected chi connectivity index (χ2v) is 9.72. The summed E-state index contributed by atoms with van der Waals surface area (Å²) in [6.07, 6.45) is 3.19. The Hall–Kier alpha value is -1.89. The van der Waals surface area contributed by atoms with E-state index >= 15 is 0 Å². The van der Waals surface area contributed by atoms with Crippen molar-refractivity contribution in [2.24, 2.45) is 17.3 Å². The van der Waals surface area contributed by atoms with Crippen LogP contribution in [0.4, 0.5) is 0 Å². The molecule has 0 unspecified atom stereocenters. The van der Waals surface area contributed by atoms with Crippen molar-refractivity contribution in [2.45, 2.75) is 66.5 Å². The molecule has 0 aromatic heterocycles. The maximum atomic E-state index is 13.4. The molecule has 0 aromatic rings. The van der Waals surface area contributed by atoms with Crippen molar-refractivity contribution in [3.05, 3.63) is 11.6 Å². The molecule has 166 valence electrons.